The summed E-state index contributed by atoms with van der Waals surface area (Å²) in [6, 6.07) is 1.57. The molecule has 1 aliphatic carbocycles. The van der Waals surface area contributed by atoms with E-state index in [9.17, 15) is 40.2 Å². The van der Waals surface area contributed by atoms with Gasteiger partial charge in [0.05, 0.1) is 11.7 Å². The van der Waals surface area contributed by atoms with Crippen molar-refractivity contribution in [3.63, 3.8) is 0 Å². The van der Waals surface area contributed by atoms with E-state index in [1.54, 1.807) is 0 Å². The lowest BCUT2D eigenvalue weighted by Gasteiger charge is -2.39. The Morgan fingerprint density at radius 3 is 2.12 bits per heavy atom. The summed E-state index contributed by atoms with van der Waals surface area (Å²) < 4.78 is 4.88. The molecule has 132 valence electrons. The van der Waals surface area contributed by atoms with Crippen LogP contribution in [0.1, 0.15) is 23.2 Å². The molecule has 0 heterocycles. The Kier molecular flexibility index (Phi) is 4.56. The predicted molar refractivity (Wildman–Crippen MR) is 74.5 cm³/mol. The van der Waals surface area contributed by atoms with Crippen LogP contribution < -0.4 is 0 Å². The van der Waals surface area contributed by atoms with Crippen molar-refractivity contribution in [2.24, 2.45) is 0 Å². The number of rotatable bonds is 3. The highest BCUT2D eigenvalue weighted by Gasteiger charge is 2.50. The van der Waals surface area contributed by atoms with E-state index in [-0.39, 0.29) is 0 Å². The number of esters is 1. The van der Waals surface area contributed by atoms with E-state index in [0.29, 0.717) is 0 Å². The molecule has 10 nitrogen and oxygen atoms in total. The van der Waals surface area contributed by atoms with E-state index in [2.05, 4.69) is 0 Å². The highest BCUT2D eigenvalue weighted by molar-refractivity contribution is 5.91. The molecule has 1 aromatic rings. The second-order valence-electron chi connectivity index (χ2n) is 5.61. The summed E-state index contributed by atoms with van der Waals surface area (Å²) in [5.74, 6) is -5.26. The first-order valence-electron chi connectivity index (χ1n) is 6.83. The topological polar surface area (TPSA) is 185 Å². The molecule has 1 saturated carbocycles. The molecule has 0 bridgehead atoms. The minimum Gasteiger partial charge on any atom is -0.504 e. The Bertz CT molecular complexity index is 649. The number of aromatic hydroxyl groups is 3. The molecule has 0 radical (unpaired) electrons. The van der Waals surface area contributed by atoms with E-state index >= 15 is 0 Å². The number of carbonyl (C=O) groups is 2. The van der Waals surface area contributed by atoms with Crippen LogP contribution in [0.4, 0.5) is 0 Å². The molecular formula is C14H16O10. The standard InChI is InChI=1S/C14H16O10/c15-6-1-5(2-7(16)10(6)18)12(20)24-9-4-14(23,13(21)22)3-8(17)11(9)19/h1-2,8-9,11,15-19,23H,3-4H2,(H,21,22)/t8-,9?,11-,14+/m1/s1. The van der Waals surface area contributed by atoms with E-state index in [1.807, 2.05) is 0 Å². The number of benzene rings is 1. The third-order valence-electron chi connectivity index (χ3n) is 3.82. The summed E-state index contributed by atoms with van der Waals surface area (Å²) in [6.07, 6.45) is -6.12. The summed E-state index contributed by atoms with van der Waals surface area (Å²) in [5.41, 5.74) is -2.78. The largest absolute Gasteiger partial charge is 0.504 e. The summed E-state index contributed by atoms with van der Waals surface area (Å²) in [7, 11) is 0. The first-order valence-corrected chi connectivity index (χ1v) is 6.83. The number of ether oxygens (including phenoxy) is 1. The molecule has 24 heavy (non-hydrogen) atoms. The maximum Gasteiger partial charge on any atom is 0.338 e. The average molecular weight is 344 g/mol. The lowest BCUT2D eigenvalue weighted by molar-refractivity contribution is -0.187. The van der Waals surface area contributed by atoms with Gasteiger partial charge in [-0.2, -0.15) is 0 Å². The number of aliphatic carboxylic acids is 1. The zero-order chi connectivity index (χ0) is 18.2. The molecule has 1 unspecified atom stereocenters. The quantitative estimate of drug-likeness (QED) is 0.256. The van der Waals surface area contributed by atoms with Gasteiger partial charge in [-0.05, 0) is 12.1 Å². The fourth-order valence-corrected chi connectivity index (χ4v) is 2.46. The lowest BCUT2D eigenvalue weighted by atomic mass is 9.79. The number of aliphatic hydroxyl groups is 3. The summed E-state index contributed by atoms with van der Waals surface area (Å²) >= 11 is 0. The Labute approximate surface area is 134 Å². The second-order valence-corrected chi connectivity index (χ2v) is 5.61. The predicted octanol–water partition coefficient (Wildman–Crippen LogP) is -1.34. The van der Waals surface area contributed by atoms with Crippen LogP contribution in [0.15, 0.2) is 12.1 Å². The molecule has 2 rings (SSSR count). The maximum atomic E-state index is 12.0. The molecule has 0 saturated heterocycles. The number of hydrogen-bond acceptors (Lipinski definition) is 9. The van der Waals surface area contributed by atoms with E-state index in [4.69, 9.17) is 9.84 Å². The summed E-state index contributed by atoms with van der Waals surface area (Å²) in [5, 5.41) is 66.4. The molecular weight excluding hydrogens is 328 g/mol. The molecule has 1 aromatic carbocycles. The molecule has 0 spiro atoms. The van der Waals surface area contributed by atoms with Gasteiger partial charge < -0.3 is 40.5 Å². The third-order valence-corrected chi connectivity index (χ3v) is 3.82. The van der Waals surface area contributed by atoms with Crippen LogP contribution in [0.5, 0.6) is 17.2 Å². The van der Waals surface area contributed by atoms with E-state index in [0.717, 1.165) is 12.1 Å². The number of hydrogen-bond donors (Lipinski definition) is 7. The monoisotopic (exact) mass is 344 g/mol. The molecule has 7 N–H and O–H groups in total. The van der Waals surface area contributed by atoms with Crippen LogP contribution in [0.25, 0.3) is 0 Å². The molecule has 0 amide bonds. The average Bonchev–Trinajstić information content (AvgIpc) is 2.49. The van der Waals surface area contributed by atoms with Crippen molar-refractivity contribution in [3.8, 4) is 17.2 Å². The smallest absolute Gasteiger partial charge is 0.338 e. The molecule has 1 fully saturated rings. The highest BCUT2D eigenvalue weighted by atomic mass is 16.6. The van der Waals surface area contributed by atoms with Crippen molar-refractivity contribution in [2.45, 2.75) is 36.8 Å². The van der Waals surface area contributed by atoms with Gasteiger partial charge in [-0.25, -0.2) is 9.59 Å². The Morgan fingerprint density at radius 1 is 1.08 bits per heavy atom. The molecule has 0 aliphatic heterocycles. The van der Waals surface area contributed by atoms with Crippen LogP contribution in [0.3, 0.4) is 0 Å². The zero-order valence-electron chi connectivity index (χ0n) is 12.2. The maximum absolute atomic E-state index is 12.0. The number of carbonyl (C=O) groups excluding carboxylic acids is 1. The van der Waals surface area contributed by atoms with E-state index in [1.165, 1.54) is 0 Å². The van der Waals surface area contributed by atoms with Gasteiger partial charge in [-0.1, -0.05) is 0 Å². The van der Waals surface area contributed by atoms with Crippen molar-refractivity contribution < 1.29 is 50.1 Å². The fourth-order valence-electron chi connectivity index (χ4n) is 2.46. The summed E-state index contributed by atoms with van der Waals surface area (Å²) in [6.45, 7) is 0. The van der Waals surface area contributed by atoms with Gasteiger partial charge in [0.15, 0.2) is 22.8 Å². The molecule has 0 aromatic heterocycles. The van der Waals surface area contributed by atoms with Gasteiger partial charge in [0.25, 0.3) is 0 Å². The van der Waals surface area contributed by atoms with E-state index < -0.39 is 71.5 Å². The Hall–Kier alpha value is -2.56. The summed E-state index contributed by atoms with van der Waals surface area (Å²) in [4.78, 5) is 23.1. The fraction of sp³-hybridized carbons (Fsp3) is 0.429. The Morgan fingerprint density at radius 2 is 1.62 bits per heavy atom. The number of carboxylic acid groups (broad SMARTS) is 1. The molecule has 10 heteroatoms. The molecule has 4 atom stereocenters. The number of phenols is 3. The first-order chi connectivity index (χ1) is 11.0. The lowest BCUT2D eigenvalue weighted by Crippen LogP contribution is -2.57. The number of aliphatic hydroxyl groups excluding tert-OH is 2. The van der Waals surface area contributed by atoms with Crippen LogP contribution in [0, 0.1) is 0 Å². The number of carboxylic acids is 1. The van der Waals surface area contributed by atoms with Gasteiger partial charge in [-0.3, -0.25) is 0 Å². The van der Waals surface area contributed by atoms with Crippen molar-refractivity contribution in [1.82, 2.24) is 0 Å². The van der Waals surface area contributed by atoms with Gasteiger partial charge >= 0.3 is 11.9 Å². The van der Waals surface area contributed by atoms with Gasteiger partial charge in [0.2, 0.25) is 0 Å². The SMILES string of the molecule is O=C(OC1C[C@](O)(C(=O)O)C[C@@H](O)[C@H]1O)c1cc(O)c(O)c(O)c1. The third kappa shape index (κ3) is 3.20. The first kappa shape index (κ1) is 17.8. The number of phenolic OH excluding ortho intramolecular Hbond substituents is 3. The molecule has 1 aliphatic rings. The van der Waals surface area contributed by atoms with Crippen molar-refractivity contribution in [2.75, 3.05) is 0 Å². The van der Waals surface area contributed by atoms with Gasteiger partial charge in [0.1, 0.15) is 12.2 Å². The van der Waals surface area contributed by atoms with Crippen molar-refractivity contribution in [1.29, 1.82) is 0 Å². The van der Waals surface area contributed by atoms with Crippen molar-refractivity contribution >= 4 is 11.9 Å². The zero-order valence-corrected chi connectivity index (χ0v) is 12.2. The van der Waals surface area contributed by atoms with Crippen LogP contribution >= 0.6 is 0 Å². The van der Waals surface area contributed by atoms with Crippen LogP contribution in [-0.2, 0) is 9.53 Å². The minimum absolute atomic E-state index is 0.395. The van der Waals surface area contributed by atoms with Crippen LogP contribution in [-0.4, -0.2) is 71.6 Å². The Balaban J connectivity index is 2.22. The van der Waals surface area contributed by atoms with Gasteiger partial charge in [0, 0.05) is 12.8 Å². The normalized spacial score (nSPS) is 29.9. The minimum atomic E-state index is -2.39. The second kappa shape index (κ2) is 6.15. The van der Waals surface area contributed by atoms with Gasteiger partial charge in [-0.15, -0.1) is 0 Å². The van der Waals surface area contributed by atoms with Crippen LogP contribution in [0.2, 0.25) is 0 Å². The highest BCUT2D eigenvalue weighted by Crippen LogP contribution is 2.36. The van der Waals surface area contributed by atoms with Crippen molar-refractivity contribution in [3.05, 3.63) is 17.7 Å².